The predicted octanol–water partition coefficient (Wildman–Crippen LogP) is 7.85. The molecule has 0 saturated heterocycles. The molecule has 0 aromatic heterocycles. The van der Waals surface area contributed by atoms with Gasteiger partial charge in [0.2, 0.25) is 0 Å². The average molecular weight is 619 g/mol. The van der Waals surface area contributed by atoms with Crippen LogP contribution in [0.4, 0.5) is 0 Å². The van der Waals surface area contributed by atoms with Crippen molar-refractivity contribution in [1.82, 2.24) is 0 Å². The number of rotatable bonds is 10. The second-order valence-electron chi connectivity index (χ2n) is 9.96. The van der Waals surface area contributed by atoms with E-state index >= 15 is 0 Å². The minimum absolute atomic E-state index is 0.248. The van der Waals surface area contributed by atoms with E-state index in [1.807, 2.05) is 48.5 Å². The van der Waals surface area contributed by atoms with Gasteiger partial charge in [0.1, 0.15) is 6.61 Å². The normalized spacial score (nSPS) is 10.2. The topological polar surface area (TPSA) is 52.6 Å². The number of aryl methyl sites for hydroxylation is 1. The average Bonchev–Trinajstić information content (AvgIpc) is 3.02. The van der Waals surface area contributed by atoms with Crippen molar-refractivity contribution in [3.8, 4) is 23.7 Å². The second kappa shape index (κ2) is 17.1. The lowest BCUT2D eigenvalue weighted by atomic mass is 10.1. The predicted molar refractivity (Wildman–Crippen MR) is 180 cm³/mol. The molecule has 0 aliphatic rings. The van der Waals surface area contributed by atoms with E-state index < -0.39 is 0 Å². The number of benzene rings is 4. The number of esters is 2. The van der Waals surface area contributed by atoms with Crippen LogP contribution >= 0.6 is 23.5 Å². The van der Waals surface area contributed by atoms with Crippen LogP contribution in [0.15, 0.2) is 101 Å². The van der Waals surface area contributed by atoms with Gasteiger partial charge in [0.05, 0.1) is 6.61 Å². The number of carbonyl (C=O) groups is 2. The van der Waals surface area contributed by atoms with Gasteiger partial charge in [-0.1, -0.05) is 47.9 Å². The monoisotopic (exact) mass is 618 g/mol. The highest BCUT2D eigenvalue weighted by Gasteiger charge is 2.02. The van der Waals surface area contributed by atoms with E-state index in [0.29, 0.717) is 19.6 Å². The van der Waals surface area contributed by atoms with Gasteiger partial charge in [-0.05, 0) is 90.3 Å². The number of carbonyl (C=O) groups excluding carboxylic acids is 2. The van der Waals surface area contributed by atoms with E-state index in [-0.39, 0.29) is 11.9 Å². The molecule has 0 unspecified atom stereocenters. The fourth-order valence-corrected chi connectivity index (χ4v) is 5.66. The summed E-state index contributed by atoms with van der Waals surface area (Å²) in [6.45, 7) is 5.75. The van der Waals surface area contributed by atoms with Gasteiger partial charge >= 0.3 is 11.9 Å². The highest BCUT2D eigenvalue weighted by Crippen LogP contribution is 2.24. The SMILES string of the molecule is CC(=O)OCCSc1ccc(C#Cc2ccc(CSc3ccc(C#Cc4ccc(CCOC(C)=O)cc4)cc3)cc2C)cc1. The molecule has 4 aromatic carbocycles. The lowest BCUT2D eigenvalue weighted by Gasteiger charge is -2.05. The summed E-state index contributed by atoms with van der Waals surface area (Å²) in [5.41, 5.74) is 7.45. The van der Waals surface area contributed by atoms with Crippen LogP contribution in [0.5, 0.6) is 0 Å². The summed E-state index contributed by atoms with van der Waals surface area (Å²) in [6, 6.07) is 31.0. The van der Waals surface area contributed by atoms with Crippen LogP contribution in [0.3, 0.4) is 0 Å². The third kappa shape index (κ3) is 11.4. The molecule has 0 fully saturated rings. The maximum atomic E-state index is 10.9. The Balaban J connectivity index is 1.25. The highest BCUT2D eigenvalue weighted by atomic mass is 32.2. The summed E-state index contributed by atoms with van der Waals surface area (Å²) in [5, 5.41) is 0. The van der Waals surface area contributed by atoms with Crippen LogP contribution in [0.1, 0.15) is 52.8 Å². The van der Waals surface area contributed by atoms with Crippen molar-refractivity contribution in [3.05, 3.63) is 130 Å². The van der Waals surface area contributed by atoms with E-state index in [9.17, 15) is 9.59 Å². The van der Waals surface area contributed by atoms with Gasteiger partial charge in [0.25, 0.3) is 0 Å². The summed E-state index contributed by atoms with van der Waals surface area (Å²) in [4.78, 5) is 24.1. The summed E-state index contributed by atoms with van der Waals surface area (Å²) in [6.07, 6.45) is 0.697. The Morgan fingerprint density at radius 1 is 0.614 bits per heavy atom. The molecule has 0 atom stereocenters. The molecule has 44 heavy (non-hydrogen) atoms. The first kappa shape index (κ1) is 32.6. The quantitative estimate of drug-likeness (QED) is 0.0781. The summed E-state index contributed by atoms with van der Waals surface area (Å²) >= 11 is 3.45. The smallest absolute Gasteiger partial charge is 0.302 e. The van der Waals surface area contributed by atoms with Crippen LogP contribution in [-0.2, 0) is 31.2 Å². The summed E-state index contributed by atoms with van der Waals surface area (Å²) in [5.74, 6) is 14.1. The van der Waals surface area contributed by atoms with Crippen molar-refractivity contribution in [3.63, 3.8) is 0 Å². The zero-order valence-corrected chi connectivity index (χ0v) is 26.8. The Bertz CT molecular complexity index is 1690. The van der Waals surface area contributed by atoms with Crippen molar-refractivity contribution >= 4 is 35.5 Å². The number of hydrogen-bond acceptors (Lipinski definition) is 6. The van der Waals surface area contributed by atoms with Crippen molar-refractivity contribution in [2.75, 3.05) is 19.0 Å². The van der Waals surface area contributed by atoms with Crippen molar-refractivity contribution in [2.24, 2.45) is 0 Å². The van der Waals surface area contributed by atoms with Crippen LogP contribution in [0, 0.1) is 30.6 Å². The van der Waals surface area contributed by atoms with Crippen LogP contribution in [0.2, 0.25) is 0 Å². The van der Waals surface area contributed by atoms with E-state index in [0.717, 1.165) is 49.8 Å². The molecule has 0 heterocycles. The minimum Gasteiger partial charge on any atom is -0.466 e. The number of hydrogen-bond donors (Lipinski definition) is 0. The van der Waals surface area contributed by atoms with E-state index in [2.05, 4.69) is 73.1 Å². The molecule has 4 nitrogen and oxygen atoms in total. The second-order valence-corrected chi connectivity index (χ2v) is 12.2. The lowest BCUT2D eigenvalue weighted by molar-refractivity contribution is -0.141. The molecule has 0 radical (unpaired) electrons. The van der Waals surface area contributed by atoms with Crippen LogP contribution < -0.4 is 0 Å². The van der Waals surface area contributed by atoms with Crippen LogP contribution in [-0.4, -0.2) is 30.9 Å². The number of ether oxygens (including phenoxy) is 2. The Hall–Kier alpha value is -4.36. The van der Waals surface area contributed by atoms with E-state index in [4.69, 9.17) is 9.47 Å². The zero-order valence-electron chi connectivity index (χ0n) is 25.1. The first-order chi connectivity index (χ1) is 21.3. The van der Waals surface area contributed by atoms with Gasteiger partial charge in [0.15, 0.2) is 0 Å². The Kier molecular flexibility index (Phi) is 12.6. The fraction of sp³-hybridized carbons (Fsp3) is 0.211. The third-order valence-corrected chi connectivity index (χ3v) is 8.46. The molecular formula is C38H34O4S2. The van der Waals surface area contributed by atoms with Crippen molar-refractivity contribution in [1.29, 1.82) is 0 Å². The van der Waals surface area contributed by atoms with Gasteiger partial charge in [-0.15, -0.1) is 23.5 Å². The molecule has 0 N–H and O–H groups in total. The molecule has 0 amide bonds. The van der Waals surface area contributed by atoms with Gasteiger partial charge in [-0.3, -0.25) is 9.59 Å². The largest absolute Gasteiger partial charge is 0.466 e. The lowest BCUT2D eigenvalue weighted by Crippen LogP contribution is -2.03. The standard InChI is InChI=1S/C38H34O4S2/c1-28-26-35(11-17-36(28)16-10-33-12-18-37(19-13-33)43-25-24-42-30(3)40)27-44-38-20-14-32(15-21-38)5-4-31-6-8-34(9-7-31)22-23-41-29(2)39/h6-9,11-15,17-21,26H,22-25,27H2,1-3H3. The number of thioether (sulfide) groups is 2. The molecular weight excluding hydrogens is 585 g/mol. The maximum Gasteiger partial charge on any atom is 0.302 e. The first-order valence-electron chi connectivity index (χ1n) is 14.3. The Morgan fingerprint density at radius 2 is 1.11 bits per heavy atom. The fourth-order valence-electron chi connectivity index (χ4n) is 4.09. The molecule has 0 saturated carbocycles. The summed E-state index contributed by atoms with van der Waals surface area (Å²) in [7, 11) is 0. The molecule has 4 rings (SSSR count). The van der Waals surface area contributed by atoms with Crippen molar-refractivity contribution in [2.45, 2.75) is 42.7 Å². The van der Waals surface area contributed by atoms with Gasteiger partial charge < -0.3 is 9.47 Å². The van der Waals surface area contributed by atoms with Gasteiger partial charge in [-0.25, -0.2) is 0 Å². The highest BCUT2D eigenvalue weighted by molar-refractivity contribution is 7.99. The Morgan fingerprint density at radius 3 is 1.68 bits per heavy atom. The molecule has 0 aliphatic heterocycles. The Labute approximate surface area is 269 Å². The van der Waals surface area contributed by atoms with E-state index in [1.165, 1.54) is 24.3 Å². The van der Waals surface area contributed by atoms with Gasteiger partial charge in [-0.2, -0.15) is 0 Å². The molecule has 0 aliphatic carbocycles. The molecule has 4 aromatic rings. The zero-order chi connectivity index (χ0) is 31.1. The molecule has 6 heteroatoms. The maximum absolute atomic E-state index is 10.9. The van der Waals surface area contributed by atoms with E-state index in [1.54, 1.807) is 23.5 Å². The third-order valence-electron chi connectivity index (χ3n) is 6.41. The van der Waals surface area contributed by atoms with Gasteiger partial charge in [0, 0.05) is 63.8 Å². The van der Waals surface area contributed by atoms with Crippen molar-refractivity contribution < 1.29 is 19.1 Å². The van der Waals surface area contributed by atoms with Crippen LogP contribution in [0.25, 0.3) is 0 Å². The molecule has 222 valence electrons. The molecule has 0 bridgehead atoms. The first-order valence-corrected chi connectivity index (χ1v) is 16.3. The molecule has 0 spiro atoms. The summed E-state index contributed by atoms with van der Waals surface area (Å²) < 4.78 is 9.98. The minimum atomic E-state index is -0.256.